The fourth-order valence-electron chi connectivity index (χ4n) is 0.252. The number of carbonyl (C=O) groups is 1. The molecule has 1 amide bonds. The molecule has 0 unspecified atom stereocenters. The topological polar surface area (TPSA) is 40.9 Å². The molecule has 43 valence electrons. The zero-order valence-corrected chi connectivity index (χ0v) is 4.77. The average molecular weight is 110 g/mol. The molecule has 0 heterocycles. The molecule has 0 aromatic rings. The Labute approximate surface area is 48.7 Å². The lowest BCUT2D eigenvalue weighted by atomic mass is 10.3. The normalized spacial score (nSPS) is 10.9. The molecule has 8 heavy (non-hydrogen) atoms. The van der Waals surface area contributed by atoms with Gasteiger partial charge in [-0.2, -0.15) is 0 Å². The largest absolute Gasteiger partial charge is 0.268 e. The van der Waals surface area contributed by atoms with Crippen molar-refractivity contribution < 1.29 is 4.79 Å². The Bertz CT molecular complexity index is 135. The summed E-state index contributed by atoms with van der Waals surface area (Å²) in [6, 6.07) is 0. The Morgan fingerprint density at radius 1 is 1.75 bits per heavy atom. The predicted molar refractivity (Wildman–Crippen MR) is 32.1 cm³/mol. The second-order valence-corrected chi connectivity index (χ2v) is 1.41. The smallest absolute Gasteiger partial charge is 0.265 e. The molecule has 0 rings (SSSR count). The van der Waals surface area contributed by atoms with Crippen LogP contribution in [0.1, 0.15) is 6.92 Å². The number of nitrogens with one attached hydrogen (secondary N) is 1. The summed E-state index contributed by atoms with van der Waals surface area (Å²) < 4.78 is 0. The van der Waals surface area contributed by atoms with Gasteiger partial charge in [-0.05, 0) is 6.92 Å². The van der Waals surface area contributed by atoms with Crippen molar-refractivity contribution in [1.82, 2.24) is 5.73 Å². The van der Waals surface area contributed by atoms with Crippen LogP contribution < -0.4 is 5.73 Å². The standard InChI is InChI=1S/C6H8NO/c1-3-4-5(2)6(7)8/h3-4,7H,1H2,2H3/b5-4+. The van der Waals surface area contributed by atoms with Crippen LogP contribution in [0.5, 0.6) is 0 Å². The van der Waals surface area contributed by atoms with Crippen LogP contribution in [0.2, 0.25) is 0 Å². The van der Waals surface area contributed by atoms with E-state index in [9.17, 15) is 4.79 Å². The number of allylic oxidation sites excluding steroid dienone is 2. The summed E-state index contributed by atoms with van der Waals surface area (Å²) in [5, 5.41) is 0. The van der Waals surface area contributed by atoms with Gasteiger partial charge in [0.1, 0.15) is 0 Å². The number of carbonyl (C=O) groups excluding carboxylic acids is 1. The number of amides is 1. The summed E-state index contributed by atoms with van der Waals surface area (Å²) in [7, 11) is 0. The molecule has 0 aliphatic heterocycles. The highest BCUT2D eigenvalue weighted by Gasteiger charge is 1.92. The van der Waals surface area contributed by atoms with Gasteiger partial charge >= 0.3 is 0 Å². The van der Waals surface area contributed by atoms with Crippen molar-refractivity contribution in [1.29, 1.82) is 0 Å². The molecule has 0 spiro atoms. The second-order valence-electron chi connectivity index (χ2n) is 1.41. The Morgan fingerprint density at radius 2 is 2.25 bits per heavy atom. The van der Waals surface area contributed by atoms with E-state index in [2.05, 4.69) is 6.58 Å². The van der Waals surface area contributed by atoms with Crippen molar-refractivity contribution in [2.45, 2.75) is 6.92 Å². The molecular weight excluding hydrogens is 102 g/mol. The molecule has 0 aromatic carbocycles. The van der Waals surface area contributed by atoms with E-state index in [0.29, 0.717) is 5.57 Å². The van der Waals surface area contributed by atoms with Crippen molar-refractivity contribution in [2.75, 3.05) is 0 Å². The zero-order chi connectivity index (χ0) is 6.57. The van der Waals surface area contributed by atoms with Crippen molar-refractivity contribution in [3.63, 3.8) is 0 Å². The highest BCUT2D eigenvalue weighted by Crippen LogP contribution is 1.89. The molecule has 0 bridgehead atoms. The zero-order valence-electron chi connectivity index (χ0n) is 4.77. The van der Waals surface area contributed by atoms with Gasteiger partial charge in [-0.3, -0.25) is 10.5 Å². The fraction of sp³-hybridized carbons (Fsp3) is 0.167. The maximum absolute atomic E-state index is 10.1. The lowest BCUT2D eigenvalue weighted by Gasteiger charge is -1.84. The van der Waals surface area contributed by atoms with E-state index in [1.54, 1.807) is 6.92 Å². The van der Waals surface area contributed by atoms with Crippen molar-refractivity contribution in [3.8, 4) is 0 Å². The van der Waals surface area contributed by atoms with Crippen LogP contribution in [-0.4, -0.2) is 5.91 Å². The summed E-state index contributed by atoms with van der Waals surface area (Å²) in [4.78, 5) is 10.1. The summed E-state index contributed by atoms with van der Waals surface area (Å²) in [6.07, 6.45) is 3.00. The molecule has 0 aliphatic carbocycles. The first kappa shape index (κ1) is 6.95. The van der Waals surface area contributed by atoms with E-state index in [0.717, 1.165) is 0 Å². The summed E-state index contributed by atoms with van der Waals surface area (Å²) in [5.41, 5.74) is 6.95. The quantitative estimate of drug-likeness (QED) is 0.385. The van der Waals surface area contributed by atoms with Gasteiger partial charge in [0.2, 0.25) is 0 Å². The van der Waals surface area contributed by atoms with Crippen LogP contribution in [0, 0.1) is 0 Å². The molecular formula is C6H8NO. The van der Waals surface area contributed by atoms with Gasteiger partial charge in [0, 0.05) is 5.57 Å². The molecule has 0 aromatic heterocycles. The van der Waals surface area contributed by atoms with Crippen molar-refractivity contribution in [3.05, 3.63) is 24.3 Å². The molecule has 0 saturated heterocycles. The minimum atomic E-state index is -0.648. The molecule has 0 saturated carbocycles. The third-order valence-corrected chi connectivity index (χ3v) is 0.726. The first-order chi connectivity index (χ1) is 3.68. The summed E-state index contributed by atoms with van der Waals surface area (Å²) in [5.74, 6) is -0.648. The van der Waals surface area contributed by atoms with Crippen molar-refractivity contribution >= 4 is 5.91 Å². The van der Waals surface area contributed by atoms with Crippen LogP contribution in [0.25, 0.3) is 0 Å². The lowest BCUT2D eigenvalue weighted by Crippen LogP contribution is -1.97. The Balaban J connectivity index is 3.99. The number of hydrogen-bond donors (Lipinski definition) is 0. The highest BCUT2D eigenvalue weighted by atomic mass is 16.1. The van der Waals surface area contributed by atoms with E-state index in [1.807, 2.05) is 0 Å². The molecule has 0 fully saturated rings. The Kier molecular flexibility index (Phi) is 2.62. The highest BCUT2D eigenvalue weighted by molar-refractivity contribution is 5.90. The molecule has 0 atom stereocenters. The molecule has 2 nitrogen and oxygen atoms in total. The molecule has 1 N–H and O–H groups in total. The maximum atomic E-state index is 10.1. The Hall–Kier alpha value is -1.05. The number of hydrogen-bond acceptors (Lipinski definition) is 1. The van der Waals surface area contributed by atoms with Gasteiger partial charge < -0.3 is 0 Å². The van der Waals surface area contributed by atoms with Crippen LogP contribution in [0.4, 0.5) is 0 Å². The lowest BCUT2D eigenvalue weighted by molar-refractivity contribution is -0.115. The molecule has 2 heteroatoms. The third kappa shape index (κ3) is 2.18. The monoisotopic (exact) mass is 110 g/mol. The minimum Gasteiger partial charge on any atom is -0.268 e. The van der Waals surface area contributed by atoms with E-state index in [1.165, 1.54) is 12.2 Å². The van der Waals surface area contributed by atoms with Crippen LogP contribution >= 0.6 is 0 Å². The first-order valence-electron chi connectivity index (χ1n) is 2.23. The molecule has 1 radical (unpaired) electrons. The van der Waals surface area contributed by atoms with Crippen LogP contribution in [0.15, 0.2) is 24.3 Å². The number of rotatable bonds is 2. The summed E-state index contributed by atoms with van der Waals surface area (Å²) in [6.45, 7) is 4.95. The van der Waals surface area contributed by atoms with Gasteiger partial charge in [0.05, 0.1) is 0 Å². The van der Waals surface area contributed by atoms with Gasteiger partial charge in [-0.1, -0.05) is 18.7 Å². The van der Waals surface area contributed by atoms with E-state index in [4.69, 9.17) is 5.73 Å². The fourth-order valence-corrected chi connectivity index (χ4v) is 0.252. The first-order valence-corrected chi connectivity index (χ1v) is 2.23. The molecule has 0 aliphatic rings. The second kappa shape index (κ2) is 3.02. The van der Waals surface area contributed by atoms with E-state index < -0.39 is 5.91 Å². The third-order valence-electron chi connectivity index (χ3n) is 0.726. The van der Waals surface area contributed by atoms with Crippen LogP contribution in [0.3, 0.4) is 0 Å². The van der Waals surface area contributed by atoms with E-state index >= 15 is 0 Å². The van der Waals surface area contributed by atoms with Gasteiger partial charge in [-0.25, -0.2) is 0 Å². The van der Waals surface area contributed by atoms with E-state index in [-0.39, 0.29) is 0 Å². The summed E-state index contributed by atoms with van der Waals surface area (Å²) >= 11 is 0. The SMILES string of the molecule is C=C/C=C(\C)C([NH])=O. The van der Waals surface area contributed by atoms with Gasteiger partial charge in [0.15, 0.2) is 0 Å². The van der Waals surface area contributed by atoms with Gasteiger partial charge in [0.25, 0.3) is 5.91 Å². The average Bonchev–Trinajstić information content (AvgIpc) is 1.67. The van der Waals surface area contributed by atoms with Crippen molar-refractivity contribution in [2.24, 2.45) is 0 Å². The Morgan fingerprint density at radius 3 is 2.38 bits per heavy atom. The predicted octanol–water partition coefficient (Wildman–Crippen LogP) is 0.928. The maximum Gasteiger partial charge on any atom is 0.265 e. The van der Waals surface area contributed by atoms with Gasteiger partial charge in [-0.15, -0.1) is 0 Å². The van der Waals surface area contributed by atoms with Crippen LogP contribution in [-0.2, 0) is 4.79 Å². The minimum absolute atomic E-state index is 0.417.